The van der Waals surface area contributed by atoms with Gasteiger partial charge in [0.25, 0.3) is 5.91 Å². The summed E-state index contributed by atoms with van der Waals surface area (Å²) in [6.07, 6.45) is 4.05. The van der Waals surface area contributed by atoms with E-state index in [1.807, 2.05) is 38.1 Å². The fourth-order valence-corrected chi connectivity index (χ4v) is 3.40. The SMILES string of the molecule is COc1cccc(C2=NN(C(=O)c3cn4cc(Cl)ccc4n3)C(C)(C)C2)c1. The molecule has 138 valence electrons. The third-order valence-corrected chi connectivity index (χ3v) is 4.85. The first-order chi connectivity index (χ1) is 12.9. The van der Waals surface area contributed by atoms with Gasteiger partial charge in [0.1, 0.15) is 17.1 Å². The summed E-state index contributed by atoms with van der Waals surface area (Å²) in [6.45, 7) is 3.99. The highest BCUT2D eigenvalue weighted by molar-refractivity contribution is 6.30. The fourth-order valence-electron chi connectivity index (χ4n) is 3.23. The van der Waals surface area contributed by atoms with Crippen molar-refractivity contribution in [1.29, 1.82) is 0 Å². The van der Waals surface area contributed by atoms with Crippen molar-refractivity contribution in [3.8, 4) is 5.75 Å². The monoisotopic (exact) mass is 382 g/mol. The first-order valence-electron chi connectivity index (χ1n) is 8.58. The van der Waals surface area contributed by atoms with Gasteiger partial charge >= 0.3 is 0 Å². The molecule has 0 atom stereocenters. The quantitative estimate of drug-likeness (QED) is 0.687. The first-order valence-corrected chi connectivity index (χ1v) is 8.96. The molecule has 0 spiro atoms. The van der Waals surface area contributed by atoms with E-state index >= 15 is 0 Å². The van der Waals surface area contributed by atoms with E-state index in [4.69, 9.17) is 16.3 Å². The second-order valence-corrected chi connectivity index (χ2v) is 7.56. The first kappa shape index (κ1) is 17.5. The summed E-state index contributed by atoms with van der Waals surface area (Å²) in [7, 11) is 1.63. The van der Waals surface area contributed by atoms with Gasteiger partial charge in [-0.1, -0.05) is 23.7 Å². The zero-order chi connectivity index (χ0) is 19.2. The van der Waals surface area contributed by atoms with Gasteiger partial charge in [-0.2, -0.15) is 5.10 Å². The molecular formula is C20H19ClN4O2. The predicted octanol–water partition coefficient (Wildman–Crippen LogP) is 4.03. The maximum atomic E-state index is 13.1. The zero-order valence-corrected chi connectivity index (χ0v) is 16.1. The number of carbonyl (C=O) groups excluding carboxylic acids is 1. The highest BCUT2D eigenvalue weighted by atomic mass is 35.5. The van der Waals surface area contributed by atoms with Crippen molar-refractivity contribution in [3.63, 3.8) is 0 Å². The number of rotatable bonds is 3. The maximum absolute atomic E-state index is 13.1. The van der Waals surface area contributed by atoms with Crippen molar-refractivity contribution in [2.24, 2.45) is 5.10 Å². The van der Waals surface area contributed by atoms with Crippen molar-refractivity contribution >= 4 is 28.9 Å². The second kappa shape index (κ2) is 6.39. The minimum Gasteiger partial charge on any atom is -0.497 e. The van der Waals surface area contributed by atoms with E-state index in [1.54, 1.807) is 36.0 Å². The molecule has 0 unspecified atom stereocenters. The van der Waals surface area contributed by atoms with Crippen molar-refractivity contribution in [2.75, 3.05) is 7.11 Å². The van der Waals surface area contributed by atoms with Crippen LogP contribution in [0.1, 0.15) is 36.3 Å². The van der Waals surface area contributed by atoms with Crippen LogP contribution in [0.2, 0.25) is 5.02 Å². The highest BCUT2D eigenvalue weighted by Gasteiger charge is 2.39. The third-order valence-electron chi connectivity index (χ3n) is 4.62. The van der Waals surface area contributed by atoms with Gasteiger partial charge in [-0.15, -0.1) is 0 Å². The number of fused-ring (bicyclic) bond motifs is 1. The number of carbonyl (C=O) groups is 1. The van der Waals surface area contributed by atoms with Crippen LogP contribution in [-0.4, -0.2) is 38.7 Å². The van der Waals surface area contributed by atoms with Crippen molar-refractivity contribution < 1.29 is 9.53 Å². The Morgan fingerprint density at radius 3 is 2.81 bits per heavy atom. The number of aromatic nitrogens is 2. The van der Waals surface area contributed by atoms with E-state index in [1.165, 1.54) is 5.01 Å². The maximum Gasteiger partial charge on any atom is 0.294 e. The summed E-state index contributed by atoms with van der Waals surface area (Å²) in [5, 5.41) is 6.72. The minimum absolute atomic E-state index is 0.238. The molecule has 0 fully saturated rings. The topological polar surface area (TPSA) is 59.2 Å². The molecule has 27 heavy (non-hydrogen) atoms. The van der Waals surface area contributed by atoms with Crippen LogP contribution in [0.3, 0.4) is 0 Å². The molecule has 6 nitrogen and oxygen atoms in total. The lowest BCUT2D eigenvalue weighted by atomic mass is 9.94. The Kier molecular flexibility index (Phi) is 4.15. The molecule has 3 aromatic rings. The largest absolute Gasteiger partial charge is 0.497 e. The molecule has 4 rings (SSSR count). The number of ether oxygens (including phenoxy) is 1. The number of pyridine rings is 1. The number of halogens is 1. The number of hydrogen-bond acceptors (Lipinski definition) is 4. The molecular weight excluding hydrogens is 364 g/mol. The van der Waals surface area contributed by atoms with Crippen LogP contribution < -0.4 is 4.74 Å². The molecule has 1 amide bonds. The summed E-state index contributed by atoms with van der Waals surface area (Å²) < 4.78 is 7.04. The lowest BCUT2D eigenvalue weighted by molar-refractivity contribution is 0.0607. The van der Waals surface area contributed by atoms with Crippen molar-refractivity contribution in [3.05, 3.63) is 65.1 Å². The summed E-state index contributed by atoms with van der Waals surface area (Å²) >= 11 is 6.02. The third kappa shape index (κ3) is 3.17. The summed E-state index contributed by atoms with van der Waals surface area (Å²) in [5.41, 5.74) is 2.33. The molecule has 3 heterocycles. The normalized spacial score (nSPS) is 15.9. The number of nitrogens with zero attached hydrogens (tertiary/aromatic N) is 4. The molecule has 0 radical (unpaired) electrons. The van der Waals surface area contributed by atoms with Gasteiger partial charge in [0.15, 0.2) is 0 Å². The molecule has 1 aliphatic heterocycles. The molecule has 0 saturated heterocycles. The van der Waals surface area contributed by atoms with Gasteiger partial charge in [0.2, 0.25) is 0 Å². The number of methoxy groups -OCH3 is 1. The number of hydrogen-bond donors (Lipinski definition) is 0. The van der Waals surface area contributed by atoms with Crippen LogP contribution in [0.15, 0.2) is 53.9 Å². The highest BCUT2D eigenvalue weighted by Crippen LogP contribution is 2.31. The molecule has 2 aromatic heterocycles. The zero-order valence-electron chi connectivity index (χ0n) is 15.3. The van der Waals surface area contributed by atoms with E-state index in [2.05, 4.69) is 10.1 Å². The van der Waals surface area contributed by atoms with E-state index in [-0.39, 0.29) is 5.91 Å². The average Bonchev–Trinajstić information content (AvgIpc) is 3.21. The number of benzene rings is 1. The van der Waals surface area contributed by atoms with Crippen LogP contribution in [0.5, 0.6) is 5.75 Å². The molecule has 7 heteroatoms. The van der Waals surface area contributed by atoms with Gasteiger partial charge in [-0.05, 0) is 38.1 Å². The number of hydrazone groups is 1. The molecule has 0 bridgehead atoms. The lowest BCUT2D eigenvalue weighted by Crippen LogP contribution is -2.41. The number of imidazole rings is 1. The summed E-state index contributed by atoms with van der Waals surface area (Å²) in [4.78, 5) is 17.5. The predicted molar refractivity (Wildman–Crippen MR) is 105 cm³/mol. The number of amides is 1. The van der Waals surface area contributed by atoms with Crippen LogP contribution >= 0.6 is 11.6 Å². The van der Waals surface area contributed by atoms with Crippen molar-refractivity contribution in [2.45, 2.75) is 25.8 Å². The lowest BCUT2D eigenvalue weighted by Gasteiger charge is -2.27. The standard InChI is InChI=1S/C20H19ClN4O2/c1-20(2)10-16(13-5-4-6-15(9-13)27-3)23-25(20)19(26)17-12-24-11-14(21)7-8-18(24)22-17/h4-9,11-12H,10H2,1-3H3. The van der Waals surface area contributed by atoms with Crippen LogP contribution in [0.4, 0.5) is 0 Å². The van der Waals surface area contributed by atoms with E-state index in [0.717, 1.165) is 17.0 Å². The second-order valence-electron chi connectivity index (χ2n) is 7.12. The minimum atomic E-state index is -0.455. The van der Waals surface area contributed by atoms with E-state index in [9.17, 15) is 4.79 Å². The summed E-state index contributed by atoms with van der Waals surface area (Å²) in [6, 6.07) is 11.2. The molecule has 0 saturated carbocycles. The van der Waals surface area contributed by atoms with E-state index in [0.29, 0.717) is 22.8 Å². The Morgan fingerprint density at radius 1 is 1.22 bits per heavy atom. The smallest absolute Gasteiger partial charge is 0.294 e. The van der Waals surface area contributed by atoms with Gasteiger partial charge in [0.05, 0.1) is 23.4 Å². The Hall–Kier alpha value is -2.86. The van der Waals surface area contributed by atoms with Crippen LogP contribution in [0.25, 0.3) is 5.65 Å². The fraction of sp³-hybridized carbons (Fsp3) is 0.250. The molecule has 0 N–H and O–H groups in total. The van der Waals surface area contributed by atoms with Gasteiger partial charge in [0, 0.05) is 24.4 Å². The van der Waals surface area contributed by atoms with Gasteiger partial charge in [-0.3, -0.25) is 4.79 Å². The molecule has 0 aliphatic carbocycles. The van der Waals surface area contributed by atoms with Gasteiger partial charge in [-0.25, -0.2) is 9.99 Å². The van der Waals surface area contributed by atoms with E-state index < -0.39 is 5.54 Å². The Labute approximate surface area is 162 Å². The Morgan fingerprint density at radius 2 is 2.04 bits per heavy atom. The summed E-state index contributed by atoms with van der Waals surface area (Å²) in [5.74, 6) is 0.521. The Bertz CT molecular complexity index is 1070. The van der Waals surface area contributed by atoms with Crippen LogP contribution in [-0.2, 0) is 0 Å². The van der Waals surface area contributed by atoms with Gasteiger partial charge < -0.3 is 9.14 Å². The average molecular weight is 383 g/mol. The Balaban J connectivity index is 1.69. The molecule has 1 aliphatic rings. The van der Waals surface area contributed by atoms with Crippen LogP contribution in [0, 0.1) is 0 Å². The molecule has 1 aromatic carbocycles. The van der Waals surface area contributed by atoms with Crippen molar-refractivity contribution in [1.82, 2.24) is 14.4 Å².